The van der Waals surface area contributed by atoms with Gasteiger partial charge in [0.25, 0.3) is 0 Å². The smallest absolute Gasteiger partial charge is 0.460 e. The minimum atomic E-state index is -10.0. The molecule has 0 saturated carbocycles. The van der Waals surface area contributed by atoms with E-state index in [0.29, 0.717) is 6.08 Å². The molecule has 0 aromatic heterocycles. The van der Waals surface area contributed by atoms with E-state index in [1.54, 1.807) is 0 Å². The van der Waals surface area contributed by atoms with Crippen LogP contribution in [-0.4, -0.2) is 128 Å². The predicted molar refractivity (Wildman–Crippen MR) is 118 cm³/mol. The van der Waals surface area contributed by atoms with Crippen LogP contribution in [0.3, 0.4) is 0 Å². The van der Waals surface area contributed by atoms with E-state index in [0.717, 1.165) is 0 Å². The van der Waals surface area contributed by atoms with Crippen molar-refractivity contribution in [2.24, 2.45) is 0 Å². The highest BCUT2D eigenvalue weighted by atomic mass is 32.2. The van der Waals surface area contributed by atoms with Crippen molar-refractivity contribution in [3.63, 3.8) is 0 Å². The molecule has 0 saturated heterocycles. The predicted octanol–water partition coefficient (Wildman–Crippen LogP) is 8.80. The van der Waals surface area contributed by atoms with E-state index in [1.807, 2.05) is 0 Å². The third-order valence-electron chi connectivity index (χ3n) is 6.81. The Kier molecular flexibility index (Phi) is 13.4. The third-order valence-corrected chi connectivity index (χ3v) is 8.67. The largest absolute Gasteiger partial charge is 0.461 e. The fourth-order valence-electron chi connectivity index (χ4n) is 3.28. The Morgan fingerprint density at radius 3 is 0.946 bits per heavy atom. The number of carbonyl (C=O) groups is 1. The van der Waals surface area contributed by atoms with Gasteiger partial charge >= 0.3 is 89.1 Å². The summed E-state index contributed by atoms with van der Waals surface area (Å²) in [6.45, 7) is -0.00983. The van der Waals surface area contributed by atoms with Gasteiger partial charge < -0.3 is 4.74 Å². The van der Waals surface area contributed by atoms with Gasteiger partial charge in [-0.3, -0.25) is 0 Å². The Morgan fingerprint density at radius 2 is 0.714 bits per heavy atom. The van der Waals surface area contributed by atoms with Crippen molar-refractivity contribution in [2.75, 3.05) is 26.0 Å². The number of likely N-dealkylation sites (N-methyl/N-ethyl adjacent to an activating group) is 1. The van der Waals surface area contributed by atoms with Crippen molar-refractivity contribution in [3.8, 4) is 0 Å². The minimum absolute atomic E-state index is 0.00677. The number of ether oxygens (including phenoxy) is 1. The van der Waals surface area contributed by atoms with Gasteiger partial charge in [0.05, 0.1) is 0 Å². The standard InChI is InChI=1S/C21H12F29NO4S/c1-3-7(52)55-5-4-51(2)56(53,54)6-8(22,23)9(24,25)10(26,27)11(28,29)12(30,31)13(32,33)14(34,35)15(36,37)16(38,39)17(40,41)18(42,43)19(44,45)20(46,47)21(48,49)50/h3H,1,4-6H2,2H3. The summed E-state index contributed by atoms with van der Waals surface area (Å²) in [7, 11) is -6.42. The second kappa shape index (κ2) is 14.1. The van der Waals surface area contributed by atoms with Gasteiger partial charge in [-0.15, -0.1) is 0 Å². The molecule has 0 radical (unpaired) electrons. The summed E-state index contributed by atoms with van der Waals surface area (Å²) in [5, 5.41) is 0. The molecule has 0 spiro atoms. The van der Waals surface area contributed by atoms with Gasteiger partial charge in [-0.2, -0.15) is 127 Å². The van der Waals surface area contributed by atoms with Crippen LogP contribution in [0.4, 0.5) is 127 Å². The first-order valence-electron chi connectivity index (χ1n) is 12.5. The Balaban J connectivity index is 7.37. The second-order valence-electron chi connectivity index (χ2n) is 10.5. The highest BCUT2D eigenvalue weighted by molar-refractivity contribution is 7.89. The van der Waals surface area contributed by atoms with Gasteiger partial charge in [-0.05, 0) is 0 Å². The zero-order valence-electron chi connectivity index (χ0n) is 25.4. The van der Waals surface area contributed by atoms with Crippen LogP contribution in [0.25, 0.3) is 0 Å². The van der Waals surface area contributed by atoms with Crippen LogP contribution >= 0.6 is 0 Å². The minimum Gasteiger partial charge on any atom is -0.461 e. The fourth-order valence-corrected chi connectivity index (χ4v) is 4.49. The maximum atomic E-state index is 14.1. The zero-order chi connectivity index (χ0) is 46.2. The summed E-state index contributed by atoms with van der Waals surface area (Å²) in [4.78, 5) is 10.8. The van der Waals surface area contributed by atoms with E-state index >= 15 is 0 Å². The Bertz CT molecular complexity index is 1570. The molecule has 0 amide bonds. The summed E-state index contributed by atoms with van der Waals surface area (Å²) in [5.74, 6) is -128. The van der Waals surface area contributed by atoms with E-state index in [1.165, 1.54) is 0 Å². The fraction of sp³-hybridized carbons (Fsp3) is 0.857. The van der Waals surface area contributed by atoms with Crippen molar-refractivity contribution >= 4 is 16.0 Å². The lowest BCUT2D eigenvalue weighted by atomic mass is 9.83. The molecule has 5 nitrogen and oxygen atoms in total. The summed E-state index contributed by atoms with van der Waals surface area (Å²) >= 11 is 0. The lowest BCUT2D eigenvalue weighted by Gasteiger charge is -2.46. The molecule has 0 aromatic carbocycles. The molecule has 0 aromatic rings. The molecular formula is C21H12F29NO4S. The molecule has 0 aliphatic rings. The van der Waals surface area contributed by atoms with Crippen molar-refractivity contribution < 1.29 is 145 Å². The van der Waals surface area contributed by atoms with E-state index in [-0.39, 0.29) is 7.05 Å². The van der Waals surface area contributed by atoms with Gasteiger partial charge in [0.15, 0.2) is 0 Å². The summed E-state index contributed by atoms with van der Waals surface area (Å²) in [6.07, 6.45) is -8.01. The highest BCUT2D eigenvalue weighted by Gasteiger charge is 3.01. The molecule has 0 bridgehead atoms. The van der Waals surface area contributed by atoms with E-state index in [2.05, 4.69) is 11.3 Å². The molecule has 0 rings (SSSR count). The molecule has 0 aliphatic carbocycles. The lowest BCUT2D eigenvalue weighted by Crippen LogP contribution is -2.79. The first-order valence-corrected chi connectivity index (χ1v) is 14.2. The average molecular weight is 925 g/mol. The van der Waals surface area contributed by atoms with Crippen molar-refractivity contribution in [1.29, 1.82) is 0 Å². The maximum Gasteiger partial charge on any atom is 0.460 e. The van der Waals surface area contributed by atoms with Crippen LogP contribution < -0.4 is 0 Å². The Morgan fingerprint density at radius 1 is 0.482 bits per heavy atom. The van der Waals surface area contributed by atoms with Crippen molar-refractivity contribution in [1.82, 2.24) is 4.31 Å². The number of hydrogen-bond acceptors (Lipinski definition) is 4. The van der Waals surface area contributed by atoms with Gasteiger partial charge in [-0.1, -0.05) is 6.58 Å². The number of nitrogens with zero attached hydrogens (tertiary/aromatic N) is 1. The second-order valence-corrected chi connectivity index (χ2v) is 12.6. The quantitative estimate of drug-likeness (QED) is 0.0739. The van der Waals surface area contributed by atoms with Crippen LogP contribution in [0.1, 0.15) is 0 Å². The van der Waals surface area contributed by atoms with Gasteiger partial charge in [0, 0.05) is 19.7 Å². The summed E-state index contributed by atoms with van der Waals surface area (Å²) in [5.41, 5.74) is 0. The molecule has 334 valence electrons. The van der Waals surface area contributed by atoms with Gasteiger partial charge in [0.2, 0.25) is 10.0 Å². The molecular weight excluding hydrogens is 913 g/mol. The van der Waals surface area contributed by atoms with Crippen molar-refractivity contribution in [2.45, 2.75) is 83.2 Å². The average Bonchev–Trinajstić information content (AvgIpc) is 2.98. The molecule has 0 atom stereocenters. The lowest BCUT2D eigenvalue weighted by molar-refractivity contribution is -0.487. The topological polar surface area (TPSA) is 63.7 Å². The van der Waals surface area contributed by atoms with E-state index in [9.17, 15) is 141 Å². The monoisotopic (exact) mass is 925 g/mol. The molecule has 35 heteroatoms. The number of rotatable bonds is 19. The molecule has 0 aliphatic heterocycles. The summed E-state index contributed by atoms with van der Waals surface area (Å²) in [6, 6.07) is 0. The van der Waals surface area contributed by atoms with Crippen LogP contribution in [0.2, 0.25) is 0 Å². The van der Waals surface area contributed by atoms with Crippen LogP contribution in [0.5, 0.6) is 0 Å². The first-order chi connectivity index (χ1) is 23.8. The normalized spacial score (nSPS) is 16.3. The molecule has 56 heavy (non-hydrogen) atoms. The number of esters is 1. The number of alkyl halides is 29. The third kappa shape index (κ3) is 7.13. The molecule has 0 fully saturated rings. The van der Waals surface area contributed by atoms with E-state index < -0.39 is 122 Å². The SMILES string of the molecule is C=CC(=O)OCCN(C)S(=O)(=O)CC(F)(F)C(F)(F)C(F)(F)C(F)(F)C(F)(F)C(F)(F)C(F)(F)C(F)(F)C(F)(F)C(F)(F)C(F)(F)C(F)(F)C(F)(F)C(F)(F)F. The summed E-state index contributed by atoms with van der Waals surface area (Å²) < 4.78 is 422. The number of carbonyl (C=O) groups excluding carboxylic acids is 1. The molecule has 0 heterocycles. The van der Waals surface area contributed by atoms with Gasteiger partial charge in [-0.25, -0.2) is 17.5 Å². The molecule has 0 N–H and O–H groups in total. The first kappa shape index (κ1) is 53.1. The van der Waals surface area contributed by atoms with Gasteiger partial charge in [0.1, 0.15) is 12.4 Å². The van der Waals surface area contributed by atoms with Crippen LogP contribution in [0, 0.1) is 0 Å². The Hall–Kier alpha value is -2.91. The zero-order valence-corrected chi connectivity index (χ0v) is 26.2. The highest BCUT2D eigenvalue weighted by Crippen LogP contribution is 2.69. The van der Waals surface area contributed by atoms with Crippen LogP contribution in [-0.2, 0) is 19.6 Å². The van der Waals surface area contributed by atoms with Crippen molar-refractivity contribution in [3.05, 3.63) is 12.7 Å². The van der Waals surface area contributed by atoms with E-state index in [4.69, 9.17) is 0 Å². The van der Waals surface area contributed by atoms with Crippen LogP contribution in [0.15, 0.2) is 12.7 Å². The molecule has 0 unspecified atom stereocenters. The Labute approximate surface area is 288 Å². The number of halogens is 29. The maximum absolute atomic E-state index is 14.1. The number of sulfonamides is 1. The number of hydrogen-bond donors (Lipinski definition) is 0.